The first kappa shape index (κ1) is 17.0. The molecule has 2 heterocycles. The smallest absolute Gasteiger partial charge is 0.271 e. The molecule has 0 fully saturated rings. The summed E-state index contributed by atoms with van der Waals surface area (Å²) in [6.45, 7) is 2.11. The van der Waals surface area contributed by atoms with E-state index in [2.05, 4.69) is 15.5 Å². The van der Waals surface area contributed by atoms with Gasteiger partial charge in [0.1, 0.15) is 11.4 Å². The minimum absolute atomic E-state index is 0.236. The van der Waals surface area contributed by atoms with Gasteiger partial charge >= 0.3 is 0 Å². The topological polar surface area (TPSA) is 86.5 Å². The van der Waals surface area contributed by atoms with E-state index in [1.807, 2.05) is 13.0 Å². The quantitative estimate of drug-likeness (QED) is 0.728. The molecule has 0 unspecified atom stereocenters. The van der Waals surface area contributed by atoms with Gasteiger partial charge in [-0.05, 0) is 25.1 Å². The third kappa shape index (κ3) is 3.80. The number of thiazole rings is 1. The monoisotopic (exact) mass is 359 g/mol. The fourth-order valence-corrected chi connectivity index (χ4v) is 2.84. The zero-order chi connectivity index (χ0) is 17.8. The number of hydrogen-bond donors (Lipinski definition) is 1. The van der Waals surface area contributed by atoms with Gasteiger partial charge in [0.25, 0.3) is 5.91 Å². The van der Waals surface area contributed by atoms with Crippen LogP contribution in [0.4, 0.5) is 0 Å². The minimum Gasteiger partial charge on any atom is -0.493 e. The number of carbonyl (C=O) groups is 1. The Morgan fingerprint density at radius 1 is 1.24 bits per heavy atom. The number of rotatable bonds is 6. The number of hydrogen-bond acceptors (Lipinski definition) is 7. The van der Waals surface area contributed by atoms with E-state index in [4.69, 9.17) is 14.0 Å². The maximum absolute atomic E-state index is 12.0. The van der Waals surface area contributed by atoms with Gasteiger partial charge in [-0.25, -0.2) is 4.98 Å². The van der Waals surface area contributed by atoms with Crippen molar-refractivity contribution < 1.29 is 18.8 Å². The average Bonchev–Trinajstić information content (AvgIpc) is 3.28. The Morgan fingerprint density at radius 2 is 2.04 bits per heavy atom. The fraction of sp³-hybridized carbons (Fsp3) is 0.235. The summed E-state index contributed by atoms with van der Waals surface area (Å²) in [6.07, 6.45) is 0. The van der Waals surface area contributed by atoms with Gasteiger partial charge in [-0.1, -0.05) is 5.16 Å². The Kier molecular flexibility index (Phi) is 4.99. The van der Waals surface area contributed by atoms with Crippen LogP contribution in [0.1, 0.15) is 21.2 Å². The van der Waals surface area contributed by atoms with Crippen LogP contribution in [0.2, 0.25) is 0 Å². The highest BCUT2D eigenvalue weighted by atomic mass is 32.1. The second-order valence-corrected chi connectivity index (χ2v) is 6.25. The van der Waals surface area contributed by atoms with E-state index in [1.54, 1.807) is 37.8 Å². The standard InChI is InChI=1S/C17H17N3O4S/c1-10-19-13(9-25-10)17(21)18-8-12-7-15(24-20-12)11-4-5-14(22-2)16(6-11)23-3/h4-7,9H,8H2,1-3H3,(H,18,21). The maximum Gasteiger partial charge on any atom is 0.271 e. The van der Waals surface area contributed by atoms with Crippen LogP contribution in [0, 0.1) is 6.92 Å². The summed E-state index contributed by atoms with van der Waals surface area (Å²) >= 11 is 1.43. The van der Waals surface area contributed by atoms with E-state index >= 15 is 0 Å². The number of nitrogens with zero attached hydrogens (tertiary/aromatic N) is 2. The third-order valence-electron chi connectivity index (χ3n) is 3.51. The van der Waals surface area contributed by atoms with Gasteiger partial charge in [-0.3, -0.25) is 4.79 Å². The molecule has 3 aromatic rings. The second-order valence-electron chi connectivity index (χ2n) is 5.19. The fourth-order valence-electron chi connectivity index (χ4n) is 2.25. The zero-order valence-electron chi connectivity index (χ0n) is 14.0. The van der Waals surface area contributed by atoms with E-state index < -0.39 is 0 Å². The molecule has 8 heteroatoms. The molecule has 0 saturated heterocycles. The maximum atomic E-state index is 12.0. The molecule has 2 aromatic heterocycles. The number of ether oxygens (including phenoxy) is 2. The summed E-state index contributed by atoms with van der Waals surface area (Å²) in [7, 11) is 3.15. The lowest BCUT2D eigenvalue weighted by molar-refractivity contribution is 0.0945. The van der Waals surface area contributed by atoms with Crippen LogP contribution >= 0.6 is 11.3 Å². The molecule has 1 amide bonds. The Hall–Kier alpha value is -2.87. The molecule has 0 aliphatic rings. The van der Waals surface area contributed by atoms with Gasteiger partial charge < -0.3 is 19.3 Å². The van der Waals surface area contributed by atoms with Crippen molar-refractivity contribution in [2.75, 3.05) is 14.2 Å². The molecule has 0 radical (unpaired) electrons. The lowest BCUT2D eigenvalue weighted by Crippen LogP contribution is -2.23. The molecule has 0 saturated carbocycles. The normalized spacial score (nSPS) is 10.5. The van der Waals surface area contributed by atoms with Crippen molar-refractivity contribution in [3.63, 3.8) is 0 Å². The van der Waals surface area contributed by atoms with Gasteiger partial charge in [0, 0.05) is 17.0 Å². The van der Waals surface area contributed by atoms with Crippen molar-refractivity contribution in [3.8, 4) is 22.8 Å². The molecule has 25 heavy (non-hydrogen) atoms. The summed E-state index contributed by atoms with van der Waals surface area (Å²) < 4.78 is 15.9. The Balaban J connectivity index is 1.69. The van der Waals surface area contributed by atoms with Gasteiger partial charge in [-0.2, -0.15) is 0 Å². The minimum atomic E-state index is -0.236. The van der Waals surface area contributed by atoms with Crippen LogP contribution in [0.5, 0.6) is 11.5 Å². The summed E-state index contributed by atoms with van der Waals surface area (Å²) in [5.74, 6) is 1.58. The molecule has 0 bridgehead atoms. The summed E-state index contributed by atoms with van der Waals surface area (Å²) in [5, 5.41) is 9.33. The molecule has 130 valence electrons. The van der Waals surface area contributed by atoms with Crippen molar-refractivity contribution >= 4 is 17.2 Å². The molecule has 1 N–H and O–H groups in total. The summed E-state index contributed by atoms with van der Waals surface area (Å²) in [6, 6.07) is 7.22. The van der Waals surface area contributed by atoms with Crippen LogP contribution in [0.15, 0.2) is 34.2 Å². The van der Waals surface area contributed by atoms with Crippen molar-refractivity contribution in [1.82, 2.24) is 15.5 Å². The Labute approximate surface area is 148 Å². The van der Waals surface area contributed by atoms with E-state index in [0.717, 1.165) is 10.6 Å². The first-order valence-corrected chi connectivity index (χ1v) is 8.37. The number of aromatic nitrogens is 2. The number of nitrogens with one attached hydrogen (secondary N) is 1. The van der Waals surface area contributed by atoms with Crippen molar-refractivity contribution in [2.24, 2.45) is 0 Å². The van der Waals surface area contributed by atoms with Crippen LogP contribution in [-0.2, 0) is 6.54 Å². The molecule has 0 aliphatic heterocycles. The number of aryl methyl sites for hydroxylation is 1. The Bertz CT molecular complexity index is 888. The number of benzene rings is 1. The molecule has 0 aliphatic carbocycles. The first-order chi connectivity index (χ1) is 12.1. The molecular formula is C17H17N3O4S. The van der Waals surface area contributed by atoms with Gasteiger partial charge in [0.2, 0.25) is 0 Å². The second kappa shape index (κ2) is 7.35. The van der Waals surface area contributed by atoms with Crippen LogP contribution in [-0.4, -0.2) is 30.3 Å². The molecule has 1 aromatic carbocycles. The molecular weight excluding hydrogens is 342 g/mol. The van der Waals surface area contributed by atoms with Crippen molar-refractivity contribution in [1.29, 1.82) is 0 Å². The predicted octanol–water partition coefficient (Wildman–Crippen LogP) is 3.05. The lowest BCUT2D eigenvalue weighted by atomic mass is 10.1. The summed E-state index contributed by atoms with van der Waals surface area (Å²) in [5.41, 5.74) is 1.83. The van der Waals surface area contributed by atoms with Crippen LogP contribution < -0.4 is 14.8 Å². The SMILES string of the molecule is COc1ccc(-c2cc(CNC(=O)c3csc(C)n3)no2)cc1OC. The highest BCUT2D eigenvalue weighted by Crippen LogP contribution is 2.32. The third-order valence-corrected chi connectivity index (χ3v) is 4.28. The van der Waals surface area contributed by atoms with Gasteiger partial charge in [-0.15, -0.1) is 11.3 Å². The highest BCUT2D eigenvalue weighted by molar-refractivity contribution is 7.09. The average molecular weight is 359 g/mol. The lowest BCUT2D eigenvalue weighted by Gasteiger charge is -2.07. The van der Waals surface area contributed by atoms with E-state index in [9.17, 15) is 4.79 Å². The largest absolute Gasteiger partial charge is 0.493 e. The first-order valence-electron chi connectivity index (χ1n) is 7.49. The van der Waals surface area contributed by atoms with E-state index in [-0.39, 0.29) is 12.5 Å². The molecule has 3 rings (SSSR count). The predicted molar refractivity (Wildman–Crippen MR) is 93.1 cm³/mol. The molecule has 0 atom stereocenters. The Morgan fingerprint density at radius 3 is 2.72 bits per heavy atom. The number of carbonyl (C=O) groups excluding carboxylic acids is 1. The van der Waals surface area contributed by atoms with Gasteiger partial charge in [0.15, 0.2) is 17.3 Å². The van der Waals surface area contributed by atoms with Crippen molar-refractivity contribution in [3.05, 3.63) is 46.0 Å². The zero-order valence-corrected chi connectivity index (χ0v) is 14.8. The summed E-state index contributed by atoms with van der Waals surface area (Å²) in [4.78, 5) is 16.2. The van der Waals surface area contributed by atoms with E-state index in [1.165, 1.54) is 11.3 Å². The van der Waals surface area contributed by atoms with Crippen LogP contribution in [0.3, 0.4) is 0 Å². The van der Waals surface area contributed by atoms with Gasteiger partial charge in [0.05, 0.1) is 25.8 Å². The number of methoxy groups -OCH3 is 2. The molecule has 0 spiro atoms. The van der Waals surface area contributed by atoms with E-state index in [0.29, 0.717) is 28.6 Å². The highest BCUT2D eigenvalue weighted by Gasteiger charge is 2.13. The van der Waals surface area contributed by atoms with Crippen molar-refractivity contribution in [2.45, 2.75) is 13.5 Å². The van der Waals surface area contributed by atoms with Crippen LogP contribution in [0.25, 0.3) is 11.3 Å². The number of amides is 1. The molecule has 7 nitrogen and oxygen atoms in total.